The summed E-state index contributed by atoms with van der Waals surface area (Å²) in [6, 6.07) is 21.3. The van der Waals surface area contributed by atoms with Crippen LogP contribution in [0.3, 0.4) is 0 Å². The van der Waals surface area contributed by atoms with E-state index < -0.39 is 10.0 Å². The van der Waals surface area contributed by atoms with Crippen molar-refractivity contribution >= 4 is 33.4 Å². The average Bonchev–Trinajstić information content (AvgIpc) is 2.72. The Balaban J connectivity index is 1.62. The standard InChI is InChI=1S/C26H28N2O3S/c1-19-6-5-7-23(18-19)28-32(30,31)24-15-13-22(14-16-24)27-25(29)17-10-20-8-11-21(12-9-20)26(2,3)4/h5-18,28H,1-4H3,(H,27,29)/b17-10+. The second-order valence-corrected chi connectivity index (χ2v) is 10.4. The fourth-order valence-corrected chi connectivity index (χ4v) is 4.14. The smallest absolute Gasteiger partial charge is 0.261 e. The molecule has 3 aromatic rings. The number of benzene rings is 3. The summed E-state index contributed by atoms with van der Waals surface area (Å²) in [4.78, 5) is 12.4. The van der Waals surface area contributed by atoms with Gasteiger partial charge in [0.15, 0.2) is 0 Å². The number of carbonyl (C=O) groups is 1. The Morgan fingerprint density at radius 3 is 2.12 bits per heavy atom. The Bertz CT molecular complexity index is 1220. The van der Waals surface area contributed by atoms with Crippen LogP contribution in [-0.2, 0) is 20.2 Å². The van der Waals surface area contributed by atoms with E-state index in [4.69, 9.17) is 0 Å². The minimum Gasteiger partial charge on any atom is -0.323 e. The molecule has 6 heteroatoms. The molecule has 3 aromatic carbocycles. The zero-order chi connectivity index (χ0) is 23.4. The van der Waals surface area contributed by atoms with Crippen LogP contribution >= 0.6 is 0 Å². The number of sulfonamides is 1. The molecule has 1 amide bonds. The molecule has 0 atom stereocenters. The van der Waals surface area contributed by atoms with Crippen molar-refractivity contribution in [3.05, 3.63) is 95.6 Å². The zero-order valence-electron chi connectivity index (χ0n) is 18.7. The molecule has 166 valence electrons. The molecule has 3 rings (SSSR count). The molecule has 0 aliphatic carbocycles. The van der Waals surface area contributed by atoms with Gasteiger partial charge in [-0.05, 0) is 71.5 Å². The molecule has 0 unspecified atom stereocenters. The zero-order valence-corrected chi connectivity index (χ0v) is 19.5. The number of aryl methyl sites for hydroxylation is 1. The van der Waals surface area contributed by atoms with Crippen molar-refractivity contribution in [1.82, 2.24) is 0 Å². The number of hydrogen-bond donors (Lipinski definition) is 2. The lowest BCUT2D eigenvalue weighted by Crippen LogP contribution is -2.13. The normalized spacial score (nSPS) is 12.0. The van der Waals surface area contributed by atoms with Crippen molar-refractivity contribution < 1.29 is 13.2 Å². The van der Waals surface area contributed by atoms with E-state index in [1.165, 1.54) is 23.8 Å². The summed E-state index contributed by atoms with van der Waals surface area (Å²) < 4.78 is 27.7. The van der Waals surface area contributed by atoms with Gasteiger partial charge in [-0.3, -0.25) is 9.52 Å². The maximum Gasteiger partial charge on any atom is 0.261 e. The maximum atomic E-state index is 12.6. The first-order valence-corrected chi connectivity index (χ1v) is 11.8. The number of amides is 1. The second kappa shape index (κ2) is 9.40. The molecular formula is C26H28N2O3S. The van der Waals surface area contributed by atoms with Crippen LogP contribution in [-0.4, -0.2) is 14.3 Å². The Kier molecular flexibility index (Phi) is 6.84. The van der Waals surface area contributed by atoms with Crippen molar-refractivity contribution in [3.63, 3.8) is 0 Å². The molecule has 0 spiro atoms. The molecule has 2 N–H and O–H groups in total. The van der Waals surface area contributed by atoms with Gasteiger partial charge in [0.2, 0.25) is 5.91 Å². The van der Waals surface area contributed by atoms with Gasteiger partial charge in [-0.25, -0.2) is 8.42 Å². The topological polar surface area (TPSA) is 75.3 Å². The molecule has 0 saturated heterocycles. The van der Waals surface area contributed by atoms with E-state index in [0.29, 0.717) is 11.4 Å². The minimum absolute atomic E-state index is 0.0782. The predicted octanol–water partition coefficient (Wildman–Crippen LogP) is 5.75. The van der Waals surface area contributed by atoms with Crippen LogP contribution in [0, 0.1) is 6.92 Å². The molecule has 0 aliphatic heterocycles. The van der Waals surface area contributed by atoms with E-state index in [2.05, 4.69) is 42.9 Å². The van der Waals surface area contributed by atoms with Gasteiger partial charge in [0, 0.05) is 17.5 Å². The molecular weight excluding hydrogens is 420 g/mol. The van der Waals surface area contributed by atoms with E-state index in [1.54, 1.807) is 36.4 Å². The summed E-state index contributed by atoms with van der Waals surface area (Å²) in [5.74, 6) is -0.293. The van der Waals surface area contributed by atoms with E-state index in [-0.39, 0.29) is 16.2 Å². The summed E-state index contributed by atoms with van der Waals surface area (Å²) in [5.41, 5.74) is 4.21. The van der Waals surface area contributed by atoms with Crippen molar-refractivity contribution in [2.75, 3.05) is 10.0 Å². The van der Waals surface area contributed by atoms with Gasteiger partial charge in [-0.2, -0.15) is 0 Å². The molecule has 0 bridgehead atoms. The van der Waals surface area contributed by atoms with Gasteiger partial charge in [-0.15, -0.1) is 0 Å². The average molecular weight is 449 g/mol. The van der Waals surface area contributed by atoms with Crippen molar-refractivity contribution in [1.29, 1.82) is 0 Å². The van der Waals surface area contributed by atoms with Crippen LogP contribution in [0.25, 0.3) is 6.08 Å². The largest absolute Gasteiger partial charge is 0.323 e. The fraction of sp³-hybridized carbons (Fsp3) is 0.192. The van der Waals surface area contributed by atoms with E-state index in [9.17, 15) is 13.2 Å². The van der Waals surface area contributed by atoms with Gasteiger partial charge >= 0.3 is 0 Å². The van der Waals surface area contributed by atoms with Crippen molar-refractivity contribution in [2.24, 2.45) is 0 Å². The third-order valence-electron chi connectivity index (χ3n) is 4.91. The Morgan fingerprint density at radius 2 is 1.53 bits per heavy atom. The van der Waals surface area contributed by atoms with Gasteiger partial charge in [-0.1, -0.05) is 57.2 Å². The minimum atomic E-state index is -3.71. The maximum absolute atomic E-state index is 12.6. The first-order valence-electron chi connectivity index (χ1n) is 10.3. The summed E-state index contributed by atoms with van der Waals surface area (Å²) in [5, 5.41) is 2.74. The van der Waals surface area contributed by atoms with E-state index in [1.807, 2.05) is 25.1 Å². The molecule has 0 radical (unpaired) electrons. The molecule has 32 heavy (non-hydrogen) atoms. The quantitative estimate of drug-likeness (QED) is 0.472. The van der Waals surface area contributed by atoms with E-state index in [0.717, 1.165) is 11.1 Å². The van der Waals surface area contributed by atoms with Gasteiger partial charge in [0.25, 0.3) is 10.0 Å². The lowest BCUT2D eigenvalue weighted by Gasteiger charge is -2.18. The van der Waals surface area contributed by atoms with Crippen LogP contribution in [0.1, 0.15) is 37.5 Å². The van der Waals surface area contributed by atoms with Crippen molar-refractivity contribution in [3.8, 4) is 0 Å². The highest BCUT2D eigenvalue weighted by atomic mass is 32.2. The van der Waals surface area contributed by atoms with E-state index >= 15 is 0 Å². The predicted molar refractivity (Wildman–Crippen MR) is 131 cm³/mol. The summed E-state index contributed by atoms with van der Waals surface area (Å²) >= 11 is 0. The third kappa shape index (κ3) is 6.31. The monoisotopic (exact) mass is 448 g/mol. The first-order chi connectivity index (χ1) is 15.0. The molecule has 5 nitrogen and oxygen atoms in total. The highest BCUT2D eigenvalue weighted by Crippen LogP contribution is 2.22. The number of hydrogen-bond acceptors (Lipinski definition) is 3. The van der Waals surface area contributed by atoms with Crippen LogP contribution in [0.2, 0.25) is 0 Å². The molecule has 0 heterocycles. The van der Waals surface area contributed by atoms with Gasteiger partial charge in [0.1, 0.15) is 0 Å². The second-order valence-electron chi connectivity index (χ2n) is 8.69. The fourth-order valence-electron chi connectivity index (χ4n) is 3.09. The van der Waals surface area contributed by atoms with Gasteiger partial charge in [0.05, 0.1) is 4.90 Å². The summed E-state index contributed by atoms with van der Waals surface area (Å²) in [6.45, 7) is 8.35. The summed E-state index contributed by atoms with van der Waals surface area (Å²) in [7, 11) is -3.71. The van der Waals surface area contributed by atoms with Crippen LogP contribution < -0.4 is 10.0 Å². The molecule has 0 aromatic heterocycles. The Hall–Kier alpha value is -3.38. The van der Waals surface area contributed by atoms with Gasteiger partial charge < -0.3 is 5.32 Å². The van der Waals surface area contributed by atoms with Crippen LogP contribution in [0.15, 0.2) is 83.8 Å². The Morgan fingerprint density at radius 1 is 0.875 bits per heavy atom. The highest BCUT2D eigenvalue weighted by molar-refractivity contribution is 7.92. The van der Waals surface area contributed by atoms with Crippen molar-refractivity contribution in [2.45, 2.75) is 38.0 Å². The Labute approximate surface area is 190 Å². The lowest BCUT2D eigenvalue weighted by atomic mass is 9.87. The molecule has 0 saturated carbocycles. The lowest BCUT2D eigenvalue weighted by molar-refractivity contribution is -0.111. The number of rotatable bonds is 6. The first kappa shape index (κ1) is 23.3. The highest BCUT2D eigenvalue weighted by Gasteiger charge is 2.14. The summed E-state index contributed by atoms with van der Waals surface area (Å²) in [6.07, 6.45) is 3.20. The number of anilines is 2. The SMILES string of the molecule is Cc1cccc(NS(=O)(=O)c2ccc(NC(=O)/C=C/c3ccc(C(C)(C)C)cc3)cc2)c1. The number of nitrogens with one attached hydrogen (secondary N) is 2. The van der Waals surface area contributed by atoms with Crippen LogP contribution in [0.5, 0.6) is 0 Å². The molecule has 0 aliphatic rings. The molecule has 0 fully saturated rings. The number of carbonyl (C=O) groups excluding carboxylic acids is 1. The van der Waals surface area contributed by atoms with Crippen LogP contribution in [0.4, 0.5) is 11.4 Å². The third-order valence-corrected chi connectivity index (χ3v) is 6.30.